The van der Waals surface area contributed by atoms with Crippen molar-refractivity contribution in [1.29, 1.82) is 0 Å². The van der Waals surface area contributed by atoms with Crippen LogP contribution >= 0.6 is 11.6 Å². The zero-order chi connectivity index (χ0) is 18.5. The van der Waals surface area contributed by atoms with Gasteiger partial charge in [0.2, 0.25) is 0 Å². The number of hydrogen-bond donors (Lipinski definition) is 0. The minimum Gasteiger partial charge on any atom is -0.293 e. The van der Waals surface area contributed by atoms with Gasteiger partial charge in [-0.05, 0) is 68.4 Å². The predicted molar refractivity (Wildman–Crippen MR) is 108 cm³/mol. The molecule has 2 aromatic rings. The number of benzene rings is 1. The molecule has 1 fully saturated rings. The van der Waals surface area contributed by atoms with E-state index in [2.05, 4.69) is 19.9 Å². The minimum absolute atomic E-state index is 0.290. The highest BCUT2D eigenvalue weighted by Crippen LogP contribution is 2.48. The van der Waals surface area contributed by atoms with Crippen molar-refractivity contribution in [3.8, 4) is 0 Å². The van der Waals surface area contributed by atoms with Gasteiger partial charge >= 0.3 is 0 Å². The molecule has 0 saturated heterocycles. The standard InChI is InChI=1S/C23H26ClNO/c1-4-23(5-2)20(15-8-6-7-9-15)18-13-16-12-17(24)10-11-19(16)25-21(18)14(3)22(23)26/h10-13,15H,4-9H2,1-3H3. The topological polar surface area (TPSA) is 30.0 Å². The Kier molecular flexibility index (Phi) is 4.43. The number of pyridine rings is 1. The van der Waals surface area contributed by atoms with Gasteiger partial charge in [-0.1, -0.05) is 38.3 Å². The summed E-state index contributed by atoms with van der Waals surface area (Å²) in [5.41, 5.74) is 2.73. The molecular weight excluding hydrogens is 342 g/mol. The quantitative estimate of drug-likeness (QED) is 0.780. The van der Waals surface area contributed by atoms with Gasteiger partial charge in [-0.3, -0.25) is 4.79 Å². The molecule has 0 amide bonds. The van der Waals surface area contributed by atoms with E-state index in [1.165, 1.54) is 36.5 Å². The number of ketones is 1. The van der Waals surface area contributed by atoms with Crippen LogP contribution in [0.4, 0.5) is 0 Å². The highest BCUT2D eigenvalue weighted by atomic mass is 35.5. The Morgan fingerprint density at radius 3 is 2.50 bits per heavy atom. The summed E-state index contributed by atoms with van der Waals surface area (Å²) in [7, 11) is 0. The number of rotatable bonds is 3. The third-order valence-corrected chi connectivity index (χ3v) is 6.92. The van der Waals surface area contributed by atoms with Crippen molar-refractivity contribution in [2.75, 3.05) is 0 Å². The Morgan fingerprint density at radius 1 is 1.15 bits per heavy atom. The van der Waals surface area contributed by atoms with Crippen LogP contribution in [-0.2, 0) is 4.79 Å². The van der Waals surface area contributed by atoms with Crippen molar-refractivity contribution in [1.82, 2.24) is 4.98 Å². The van der Waals surface area contributed by atoms with Gasteiger partial charge in [0.15, 0.2) is 5.78 Å². The van der Waals surface area contributed by atoms with Crippen LogP contribution in [-0.4, -0.2) is 10.8 Å². The Balaban J connectivity index is 2.19. The van der Waals surface area contributed by atoms with Gasteiger partial charge in [0, 0.05) is 21.2 Å². The van der Waals surface area contributed by atoms with E-state index in [0.29, 0.717) is 5.92 Å². The van der Waals surface area contributed by atoms with Crippen LogP contribution in [0.1, 0.15) is 59.3 Å². The summed E-state index contributed by atoms with van der Waals surface area (Å²) in [4.78, 5) is 18.4. The number of carbonyl (C=O) groups excluding carboxylic acids is 1. The average Bonchev–Trinajstić information content (AvgIpc) is 3.17. The normalized spacial score (nSPS) is 20.1. The molecule has 0 atom stereocenters. The summed E-state index contributed by atoms with van der Waals surface area (Å²) in [5, 5.41) is 3.89. The smallest absolute Gasteiger partial charge is 0.170 e. The number of nitrogens with zero attached hydrogens (tertiary/aromatic N) is 1. The van der Waals surface area contributed by atoms with Gasteiger partial charge in [-0.15, -0.1) is 0 Å². The first-order valence-corrected chi connectivity index (χ1v) is 10.3. The van der Waals surface area contributed by atoms with Crippen molar-refractivity contribution in [2.24, 2.45) is 11.3 Å². The monoisotopic (exact) mass is 367 g/mol. The Labute approximate surface area is 160 Å². The highest BCUT2D eigenvalue weighted by molar-refractivity contribution is 6.31. The molecule has 26 heavy (non-hydrogen) atoms. The van der Waals surface area contributed by atoms with Crippen molar-refractivity contribution < 1.29 is 4.79 Å². The van der Waals surface area contributed by atoms with Gasteiger partial charge in [-0.25, -0.2) is 4.98 Å². The average molecular weight is 368 g/mol. The summed E-state index contributed by atoms with van der Waals surface area (Å²) >= 11 is 6.23. The zero-order valence-corrected chi connectivity index (χ0v) is 16.6. The van der Waals surface area contributed by atoms with Crippen molar-refractivity contribution >= 4 is 39.4 Å². The zero-order valence-electron chi connectivity index (χ0n) is 15.9. The summed E-state index contributed by atoms with van der Waals surface area (Å²) in [5.74, 6) is 0.793. The summed E-state index contributed by atoms with van der Waals surface area (Å²) in [6.45, 7) is 6.29. The lowest BCUT2D eigenvalue weighted by atomic mass is 9.63. The fourth-order valence-corrected chi connectivity index (χ4v) is 5.44. The summed E-state index contributed by atoms with van der Waals surface area (Å²) in [6, 6.07) is 8.05. The second-order valence-electron chi connectivity index (χ2n) is 7.86. The number of hydrogen-bond acceptors (Lipinski definition) is 2. The maximum atomic E-state index is 13.5. The lowest BCUT2D eigenvalue weighted by Gasteiger charge is -2.39. The van der Waals surface area contributed by atoms with E-state index in [4.69, 9.17) is 16.6 Å². The maximum Gasteiger partial charge on any atom is 0.170 e. The number of halogens is 1. The second kappa shape index (κ2) is 6.49. The fraction of sp³-hybridized carbons (Fsp3) is 0.478. The van der Waals surface area contributed by atoms with E-state index in [-0.39, 0.29) is 11.2 Å². The summed E-state index contributed by atoms with van der Waals surface area (Å²) < 4.78 is 0. The van der Waals surface area contributed by atoms with Crippen LogP contribution < -0.4 is 10.6 Å². The van der Waals surface area contributed by atoms with E-state index < -0.39 is 0 Å². The maximum absolute atomic E-state index is 13.5. The largest absolute Gasteiger partial charge is 0.293 e. The van der Waals surface area contributed by atoms with E-state index in [1.807, 2.05) is 25.1 Å². The van der Waals surface area contributed by atoms with Gasteiger partial charge < -0.3 is 0 Å². The lowest BCUT2D eigenvalue weighted by molar-refractivity contribution is -0.121. The Hall–Kier alpha value is -1.67. The molecule has 0 aliphatic heterocycles. The molecule has 4 rings (SSSR count). The first-order valence-electron chi connectivity index (χ1n) is 9.88. The Bertz CT molecular complexity index is 1010. The van der Waals surface area contributed by atoms with E-state index in [9.17, 15) is 4.79 Å². The minimum atomic E-state index is -0.361. The molecule has 1 saturated carbocycles. The van der Waals surface area contributed by atoms with Gasteiger partial charge in [0.1, 0.15) is 0 Å². The van der Waals surface area contributed by atoms with Crippen molar-refractivity contribution in [2.45, 2.75) is 59.3 Å². The van der Waals surface area contributed by atoms with E-state index in [0.717, 1.165) is 39.7 Å². The molecule has 0 radical (unpaired) electrons. The molecule has 1 aromatic carbocycles. The first-order chi connectivity index (χ1) is 12.5. The molecule has 0 bridgehead atoms. The van der Waals surface area contributed by atoms with E-state index >= 15 is 0 Å². The third kappa shape index (κ3) is 2.45. The fourth-order valence-electron chi connectivity index (χ4n) is 5.26. The van der Waals surface area contributed by atoms with Crippen LogP contribution in [0, 0.1) is 11.3 Å². The molecule has 1 heterocycles. The molecule has 2 nitrogen and oxygen atoms in total. The Morgan fingerprint density at radius 2 is 1.85 bits per heavy atom. The number of carbonyl (C=O) groups is 1. The summed E-state index contributed by atoms with van der Waals surface area (Å²) in [6.07, 6.45) is 6.62. The van der Waals surface area contributed by atoms with Gasteiger partial charge in [-0.2, -0.15) is 0 Å². The molecule has 1 aromatic heterocycles. The van der Waals surface area contributed by atoms with Gasteiger partial charge in [0.05, 0.1) is 16.3 Å². The lowest BCUT2D eigenvalue weighted by Crippen LogP contribution is -2.49. The SMILES string of the molecule is CCC1(CC)C(=O)C(C)=c2nc3ccc(Cl)cc3cc2=C1C1CCCC1. The van der Waals surface area contributed by atoms with Gasteiger partial charge in [0.25, 0.3) is 0 Å². The third-order valence-electron chi connectivity index (χ3n) is 6.68. The molecule has 0 spiro atoms. The molecule has 2 aliphatic rings. The van der Waals surface area contributed by atoms with Crippen LogP contribution in [0.25, 0.3) is 22.0 Å². The molecular formula is C23H26ClNO. The molecule has 136 valence electrons. The number of aromatic nitrogens is 1. The number of fused-ring (bicyclic) bond motifs is 2. The van der Waals surface area contributed by atoms with Crippen LogP contribution in [0.2, 0.25) is 5.02 Å². The first kappa shape index (κ1) is 17.7. The predicted octanol–water partition coefficient (Wildman–Crippen LogP) is 4.79. The second-order valence-corrected chi connectivity index (χ2v) is 8.30. The van der Waals surface area contributed by atoms with Crippen LogP contribution in [0.15, 0.2) is 24.3 Å². The molecule has 3 heteroatoms. The molecule has 2 aliphatic carbocycles. The van der Waals surface area contributed by atoms with Crippen LogP contribution in [0.3, 0.4) is 0 Å². The molecule has 0 N–H and O–H groups in total. The van der Waals surface area contributed by atoms with Crippen molar-refractivity contribution in [3.05, 3.63) is 39.9 Å². The van der Waals surface area contributed by atoms with E-state index in [1.54, 1.807) is 0 Å². The van der Waals surface area contributed by atoms with Crippen molar-refractivity contribution in [3.63, 3.8) is 0 Å². The number of Topliss-reactive ketones (excluding diaryl/α,β-unsaturated/α-hetero) is 1. The molecule has 0 unspecified atom stereocenters. The van der Waals surface area contributed by atoms with Crippen LogP contribution in [0.5, 0.6) is 0 Å². The highest BCUT2D eigenvalue weighted by Gasteiger charge is 2.45.